The molecule has 1 N–H and O–H groups in total. The van der Waals surface area contributed by atoms with Gasteiger partial charge < -0.3 is 5.32 Å². The summed E-state index contributed by atoms with van der Waals surface area (Å²) in [5.74, 6) is 0.579. The monoisotopic (exact) mass is 372 g/mol. The second-order valence-electron chi connectivity index (χ2n) is 5.30. The molecule has 4 heteroatoms. The number of carbonyl (C=O) groups excluding carboxylic acids is 1. The van der Waals surface area contributed by atoms with E-state index in [9.17, 15) is 4.79 Å². The van der Waals surface area contributed by atoms with E-state index in [2.05, 4.69) is 64.0 Å². The number of rotatable bonds is 4. The summed E-state index contributed by atoms with van der Waals surface area (Å²) in [5.41, 5.74) is 1.34. The molecule has 1 aliphatic rings. The molecule has 3 nitrogen and oxygen atoms in total. The zero-order chi connectivity index (χ0) is 13.8. The van der Waals surface area contributed by atoms with Crippen molar-refractivity contribution < 1.29 is 4.79 Å². The van der Waals surface area contributed by atoms with Crippen LogP contribution in [0.3, 0.4) is 0 Å². The van der Waals surface area contributed by atoms with Gasteiger partial charge in [0.15, 0.2) is 0 Å². The second-order valence-corrected chi connectivity index (χ2v) is 6.18. The van der Waals surface area contributed by atoms with Gasteiger partial charge in [0, 0.05) is 36.5 Å². The first-order valence-corrected chi connectivity index (χ1v) is 8.25. The minimum Gasteiger partial charge on any atom is -0.352 e. The fraction of sp³-hybridized carbons (Fsp3) is 0.533. The number of nitrogens with zero attached hydrogens (tertiary/aromatic N) is 1. The van der Waals surface area contributed by atoms with Gasteiger partial charge in [0.25, 0.3) is 0 Å². The first kappa shape index (κ1) is 14.8. The van der Waals surface area contributed by atoms with Crippen LogP contribution in [-0.4, -0.2) is 33.9 Å². The lowest BCUT2D eigenvalue weighted by atomic mass is 10.00. The molecular weight excluding hydrogens is 351 g/mol. The van der Waals surface area contributed by atoms with Gasteiger partial charge in [-0.2, -0.15) is 0 Å². The van der Waals surface area contributed by atoms with Crippen LogP contribution in [0.1, 0.15) is 19.4 Å². The summed E-state index contributed by atoms with van der Waals surface area (Å²) in [5, 5.41) is 3.09. The molecular formula is C15H21IN2O. The molecule has 19 heavy (non-hydrogen) atoms. The maximum absolute atomic E-state index is 11.3. The Morgan fingerprint density at radius 3 is 2.68 bits per heavy atom. The maximum Gasteiger partial charge on any atom is 0.217 e. The molecule has 1 fully saturated rings. The predicted molar refractivity (Wildman–Crippen MR) is 86.3 cm³/mol. The molecule has 0 saturated carbocycles. The van der Waals surface area contributed by atoms with Crippen LogP contribution in [0.25, 0.3) is 0 Å². The molecule has 1 saturated heterocycles. The number of amides is 1. The van der Waals surface area contributed by atoms with Crippen molar-refractivity contribution in [3.63, 3.8) is 0 Å². The van der Waals surface area contributed by atoms with E-state index in [4.69, 9.17) is 0 Å². The highest BCUT2D eigenvalue weighted by molar-refractivity contribution is 14.1. The standard InChI is InChI=1S/C15H21IN2O/c1-11-14(17-12(2)19)10-18(15(11)8-16)9-13-6-4-3-5-7-13/h3-7,11,14-15H,8-10H2,1-2H3,(H,17,19)/t11-,14+,15+/m1/s1. The molecule has 1 aromatic carbocycles. The molecule has 0 aliphatic carbocycles. The van der Waals surface area contributed by atoms with Gasteiger partial charge in [-0.1, -0.05) is 59.8 Å². The highest BCUT2D eigenvalue weighted by Crippen LogP contribution is 2.27. The normalized spacial score (nSPS) is 27.4. The molecule has 0 bridgehead atoms. The van der Waals surface area contributed by atoms with Crippen molar-refractivity contribution in [3.05, 3.63) is 35.9 Å². The van der Waals surface area contributed by atoms with Gasteiger partial charge in [-0.05, 0) is 11.5 Å². The second kappa shape index (κ2) is 6.70. The highest BCUT2D eigenvalue weighted by Gasteiger charge is 2.38. The molecule has 0 spiro atoms. The number of halogens is 1. The number of alkyl halides is 1. The molecule has 1 heterocycles. The Morgan fingerprint density at radius 1 is 1.42 bits per heavy atom. The Kier molecular flexibility index (Phi) is 5.21. The highest BCUT2D eigenvalue weighted by atomic mass is 127. The van der Waals surface area contributed by atoms with E-state index in [1.54, 1.807) is 6.92 Å². The Balaban J connectivity index is 2.05. The topological polar surface area (TPSA) is 32.3 Å². The molecule has 0 aromatic heterocycles. The van der Waals surface area contributed by atoms with Gasteiger partial charge in [0.05, 0.1) is 0 Å². The summed E-state index contributed by atoms with van der Waals surface area (Å²) >= 11 is 2.45. The molecule has 1 amide bonds. The van der Waals surface area contributed by atoms with Gasteiger partial charge in [-0.25, -0.2) is 0 Å². The fourth-order valence-corrected chi connectivity index (χ4v) is 4.19. The van der Waals surface area contributed by atoms with Crippen LogP contribution >= 0.6 is 22.6 Å². The van der Waals surface area contributed by atoms with Crippen molar-refractivity contribution in [2.45, 2.75) is 32.5 Å². The van der Waals surface area contributed by atoms with E-state index in [0.29, 0.717) is 12.0 Å². The van der Waals surface area contributed by atoms with E-state index in [-0.39, 0.29) is 11.9 Å². The van der Waals surface area contributed by atoms with Crippen LogP contribution in [0.4, 0.5) is 0 Å². The predicted octanol–water partition coefficient (Wildman–Crippen LogP) is 2.45. The first-order valence-electron chi connectivity index (χ1n) is 6.73. The summed E-state index contributed by atoms with van der Waals surface area (Å²) in [7, 11) is 0. The zero-order valence-electron chi connectivity index (χ0n) is 11.5. The number of hydrogen-bond acceptors (Lipinski definition) is 2. The summed E-state index contributed by atoms with van der Waals surface area (Å²) in [6, 6.07) is 11.4. The minimum atomic E-state index is 0.0746. The Labute approximate surface area is 128 Å². The summed E-state index contributed by atoms with van der Waals surface area (Å²) in [6.45, 7) is 5.76. The fourth-order valence-electron chi connectivity index (χ4n) is 2.83. The number of benzene rings is 1. The molecule has 0 unspecified atom stereocenters. The quantitative estimate of drug-likeness (QED) is 0.651. The van der Waals surface area contributed by atoms with Crippen molar-refractivity contribution in [2.24, 2.45) is 5.92 Å². The Bertz CT molecular complexity index is 423. The first-order chi connectivity index (χ1) is 9.11. The van der Waals surface area contributed by atoms with Crippen molar-refractivity contribution in [3.8, 4) is 0 Å². The molecule has 2 rings (SSSR count). The van der Waals surface area contributed by atoms with E-state index in [0.717, 1.165) is 17.5 Å². The number of likely N-dealkylation sites (tertiary alicyclic amines) is 1. The molecule has 104 valence electrons. The van der Waals surface area contributed by atoms with Crippen LogP contribution in [-0.2, 0) is 11.3 Å². The third-order valence-corrected chi connectivity index (χ3v) is 4.82. The average molecular weight is 372 g/mol. The Hall–Kier alpha value is -0.620. The number of nitrogens with one attached hydrogen (secondary N) is 1. The van der Waals surface area contributed by atoms with Crippen molar-refractivity contribution in [2.75, 3.05) is 11.0 Å². The number of carbonyl (C=O) groups is 1. The molecule has 1 aromatic rings. The van der Waals surface area contributed by atoms with Crippen molar-refractivity contribution in [1.29, 1.82) is 0 Å². The van der Waals surface area contributed by atoms with Gasteiger partial charge in [-0.3, -0.25) is 9.69 Å². The minimum absolute atomic E-state index is 0.0746. The lowest BCUT2D eigenvalue weighted by molar-refractivity contribution is -0.119. The maximum atomic E-state index is 11.3. The molecule has 0 radical (unpaired) electrons. The van der Waals surface area contributed by atoms with Crippen molar-refractivity contribution >= 4 is 28.5 Å². The van der Waals surface area contributed by atoms with Gasteiger partial charge in [-0.15, -0.1) is 0 Å². The van der Waals surface area contributed by atoms with E-state index < -0.39 is 0 Å². The average Bonchev–Trinajstić information content (AvgIpc) is 2.66. The number of hydrogen-bond donors (Lipinski definition) is 1. The molecule has 1 aliphatic heterocycles. The van der Waals surface area contributed by atoms with Crippen LogP contribution < -0.4 is 5.32 Å². The van der Waals surface area contributed by atoms with Gasteiger partial charge in [0.1, 0.15) is 0 Å². The van der Waals surface area contributed by atoms with E-state index in [1.807, 2.05) is 6.07 Å². The van der Waals surface area contributed by atoms with Gasteiger partial charge >= 0.3 is 0 Å². The summed E-state index contributed by atoms with van der Waals surface area (Å²) < 4.78 is 1.10. The third-order valence-electron chi connectivity index (χ3n) is 3.92. The SMILES string of the molecule is CC(=O)N[C@H]1CN(Cc2ccccc2)[C@@H](CI)[C@@H]1C. The van der Waals surface area contributed by atoms with E-state index in [1.165, 1.54) is 5.56 Å². The third kappa shape index (κ3) is 3.69. The van der Waals surface area contributed by atoms with Crippen molar-refractivity contribution in [1.82, 2.24) is 10.2 Å². The van der Waals surface area contributed by atoms with Crippen LogP contribution in [0.2, 0.25) is 0 Å². The zero-order valence-corrected chi connectivity index (χ0v) is 13.6. The summed E-state index contributed by atoms with van der Waals surface area (Å²) in [4.78, 5) is 13.8. The van der Waals surface area contributed by atoms with E-state index >= 15 is 0 Å². The summed E-state index contributed by atoms with van der Waals surface area (Å²) in [6.07, 6.45) is 0. The van der Waals surface area contributed by atoms with Crippen LogP contribution in [0.5, 0.6) is 0 Å². The van der Waals surface area contributed by atoms with Gasteiger partial charge in [0.2, 0.25) is 5.91 Å². The van der Waals surface area contributed by atoms with Crippen LogP contribution in [0, 0.1) is 5.92 Å². The lowest BCUT2D eigenvalue weighted by Crippen LogP contribution is -2.38. The lowest BCUT2D eigenvalue weighted by Gasteiger charge is -2.24. The molecule has 3 atom stereocenters. The largest absolute Gasteiger partial charge is 0.352 e. The smallest absolute Gasteiger partial charge is 0.217 e. The Morgan fingerprint density at radius 2 is 2.11 bits per heavy atom. The van der Waals surface area contributed by atoms with Crippen LogP contribution in [0.15, 0.2) is 30.3 Å².